The number of benzene rings is 2. The average Bonchev–Trinajstić information content (AvgIpc) is 2.32. The third kappa shape index (κ3) is 3.08. The second-order valence-electron chi connectivity index (χ2n) is 3.93. The molecule has 0 bridgehead atoms. The molecular weight excluding hydrogens is 354 g/mol. The Morgan fingerprint density at radius 3 is 2.40 bits per heavy atom. The van der Waals surface area contributed by atoms with Gasteiger partial charge in [0.25, 0.3) is 5.91 Å². The van der Waals surface area contributed by atoms with Crippen molar-refractivity contribution in [2.75, 3.05) is 11.1 Å². The summed E-state index contributed by atoms with van der Waals surface area (Å²) in [5, 5.41) is 2.66. The lowest BCUT2D eigenvalue weighted by Gasteiger charge is -2.10. The van der Waals surface area contributed by atoms with Crippen molar-refractivity contribution in [3.63, 3.8) is 0 Å². The molecule has 104 valence electrons. The van der Waals surface area contributed by atoms with Crippen LogP contribution >= 0.6 is 27.5 Å². The normalized spacial score (nSPS) is 10.4. The second kappa shape index (κ2) is 5.76. The lowest BCUT2D eigenvalue weighted by molar-refractivity contribution is 0.101. The summed E-state index contributed by atoms with van der Waals surface area (Å²) in [5.74, 6) is -2.90. The van der Waals surface area contributed by atoms with Gasteiger partial charge in [-0.1, -0.05) is 27.5 Å². The van der Waals surface area contributed by atoms with Crippen LogP contribution in [0.3, 0.4) is 0 Å². The molecule has 0 saturated carbocycles. The Balaban J connectivity index is 2.36. The molecule has 1 amide bonds. The summed E-state index contributed by atoms with van der Waals surface area (Å²) in [5.41, 5.74) is 5.38. The van der Waals surface area contributed by atoms with Crippen molar-refractivity contribution < 1.29 is 13.6 Å². The minimum Gasteiger partial charge on any atom is -0.397 e. The summed E-state index contributed by atoms with van der Waals surface area (Å²) >= 11 is 8.70. The van der Waals surface area contributed by atoms with E-state index < -0.39 is 23.1 Å². The first-order chi connectivity index (χ1) is 9.38. The number of hydrogen-bond donors (Lipinski definition) is 2. The van der Waals surface area contributed by atoms with Gasteiger partial charge in [0.1, 0.15) is 17.2 Å². The number of nitrogens with two attached hydrogens (primary N) is 1. The van der Waals surface area contributed by atoms with E-state index in [1.807, 2.05) is 0 Å². The molecule has 0 spiro atoms. The quantitative estimate of drug-likeness (QED) is 0.787. The van der Waals surface area contributed by atoms with Crippen LogP contribution in [-0.2, 0) is 0 Å². The molecule has 0 saturated heterocycles. The Bertz CT molecular complexity index is 671. The molecule has 0 radical (unpaired) electrons. The van der Waals surface area contributed by atoms with Gasteiger partial charge in [0.2, 0.25) is 0 Å². The van der Waals surface area contributed by atoms with Crippen molar-refractivity contribution in [3.8, 4) is 0 Å². The number of amides is 1. The van der Waals surface area contributed by atoms with Crippen molar-refractivity contribution in [2.24, 2.45) is 0 Å². The third-order valence-corrected chi connectivity index (χ3v) is 3.19. The summed E-state index contributed by atoms with van der Waals surface area (Å²) in [6.45, 7) is 0. The van der Waals surface area contributed by atoms with Crippen LogP contribution in [0.4, 0.5) is 20.2 Å². The predicted molar refractivity (Wildman–Crippen MR) is 77.9 cm³/mol. The SMILES string of the molecule is Nc1ccc(Cl)cc1NC(=O)c1c(F)cc(Br)cc1F. The number of carbonyl (C=O) groups excluding carboxylic acids is 1. The van der Waals surface area contributed by atoms with E-state index in [1.165, 1.54) is 18.2 Å². The summed E-state index contributed by atoms with van der Waals surface area (Å²) < 4.78 is 27.5. The van der Waals surface area contributed by atoms with Crippen molar-refractivity contribution >= 4 is 44.8 Å². The zero-order chi connectivity index (χ0) is 14.9. The second-order valence-corrected chi connectivity index (χ2v) is 5.28. The van der Waals surface area contributed by atoms with Gasteiger partial charge < -0.3 is 11.1 Å². The molecule has 3 nitrogen and oxygen atoms in total. The number of rotatable bonds is 2. The van der Waals surface area contributed by atoms with E-state index in [4.69, 9.17) is 17.3 Å². The van der Waals surface area contributed by atoms with Crippen LogP contribution in [0.2, 0.25) is 5.02 Å². The highest BCUT2D eigenvalue weighted by Crippen LogP contribution is 2.25. The van der Waals surface area contributed by atoms with Gasteiger partial charge >= 0.3 is 0 Å². The fourth-order valence-electron chi connectivity index (χ4n) is 1.58. The van der Waals surface area contributed by atoms with Crippen molar-refractivity contribution in [1.82, 2.24) is 0 Å². The van der Waals surface area contributed by atoms with Crippen LogP contribution in [0.5, 0.6) is 0 Å². The molecule has 0 aromatic heterocycles. The van der Waals surface area contributed by atoms with Crippen molar-refractivity contribution in [2.45, 2.75) is 0 Å². The van der Waals surface area contributed by atoms with Gasteiger partial charge in [0.05, 0.1) is 11.4 Å². The summed E-state index contributed by atoms with van der Waals surface area (Å²) in [4.78, 5) is 11.9. The standard InChI is InChI=1S/C13H8BrClF2N2O/c14-6-3-8(16)12(9(17)4-6)13(20)19-11-5-7(15)1-2-10(11)18/h1-5H,18H2,(H,19,20). The number of nitrogen functional groups attached to an aromatic ring is 1. The monoisotopic (exact) mass is 360 g/mol. The Morgan fingerprint density at radius 1 is 1.20 bits per heavy atom. The molecule has 2 aromatic rings. The van der Waals surface area contributed by atoms with E-state index in [0.717, 1.165) is 12.1 Å². The smallest absolute Gasteiger partial charge is 0.261 e. The van der Waals surface area contributed by atoms with E-state index in [0.29, 0.717) is 5.02 Å². The molecule has 0 aliphatic carbocycles. The fraction of sp³-hybridized carbons (Fsp3) is 0. The first kappa shape index (κ1) is 14.7. The van der Waals surface area contributed by atoms with Gasteiger partial charge in [0.15, 0.2) is 0 Å². The first-order valence-electron chi connectivity index (χ1n) is 5.39. The number of anilines is 2. The van der Waals surface area contributed by atoms with Crippen molar-refractivity contribution in [1.29, 1.82) is 0 Å². The minimum absolute atomic E-state index is 0.184. The van der Waals surface area contributed by atoms with Crippen LogP contribution in [0.15, 0.2) is 34.8 Å². The fourth-order valence-corrected chi connectivity index (χ4v) is 2.15. The molecule has 3 N–H and O–H groups in total. The minimum atomic E-state index is -0.977. The summed E-state index contributed by atoms with van der Waals surface area (Å²) in [6, 6.07) is 6.40. The van der Waals surface area contributed by atoms with Crippen LogP contribution in [0, 0.1) is 11.6 Å². The number of carbonyl (C=O) groups is 1. The van der Waals surface area contributed by atoms with E-state index in [1.54, 1.807) is 0 Å². The number of hydrogen-bond acceptors (Lipinski definition) is 2. The Morgan fingerprint density at radius 2 is 1.80 bits per heavy atom. The molecule has 7 heteroatoms. The van der Waals surface area contributed by atoms with Crippen LogP contribution in [-0.4, -0.2) is 5.91 Å². The number of nitrogens with one attached hydrogen (secondary N) is 1. The molecule has 0 aliphatic heterocycles. The van der Waals surface area contributed by atoms with Crippen LogP contribution in [0.25, 0.3) is 0 Å². The first-order valence-corrected chi connectivity index (χ1v) is 6.56. The van der Waals surface area contributed by atoms with E-state index in [2.05, 4.69) is 21.2 Å². The van der Waals surface area contributed by atoms with E-state index >= 15 is 0 Å². The maximum absolute atomic E-state index is 13.7. The lowest BCUT2D eigenvalue weighted by Crippen LogP contribution is -2.16. The molecule has 0 atom stereocenters. The zero-order valence-corrected chi connectivity index (χ0v) is 12.2. The third-order valence-electron chi connectivity index (χ3n) is 2.50. The molecule has 0 aliphatic rings. The molecule has 0 fully saturated rings. The van der Waals surface area contributed by atoms with Gasteiger partial charge in [-0.05, 0) is 30.3 Å². The predicted octanol–water partition coefficient (Wildman–Crippen LogP) is 4.22. The maximum atomic E-state index is 13.7. The Kier molecular flexibility index (Phi) is 4.25. The topological polar surface area (TPSA) is 55.1 Å². The average molecular weight is 362 g/mol. The number of halogens is 4. The Hall–Kier alpha value is -1.66. The van der Waals surface area contributed by atoms with E-state index in [-0.39, 0.29) is 15.8 Å². The molecule has 0 unspecified atom stereocenters. The van der Waals surface area contributed by atoms with Crippen LogP contribution in [0.1, 0.15) is 10.4 Å². The highest BCUT2D eigenvalue weighted by Gasteiger charge is 2.19. The molecule has 2 rings (SSSR count). The van der Waals surface area contributed by atoms with Gasteiger partial charge in [0, 0.05) is 9.50 Å². The lowest BCUT2D eigenvalue weighted by atomic mass is 10.1. The molecule has 0 heterocycles. The maximum Gasteiger partial charge on any atom is 0.261 e. The van der Waals surface area contributed by atoms with Gasteiger partial charge in [-0.3, -0.25) is 4.79 Å². The highest BCUT2D eigenvalue weighted by molar-refractivity contribution is 9.10. The Labute approximate surface area is 126 Å². The van der Waals surface area contributed by atoms with Gasteiger partial charge in [-0.15, -0.1) is 0 Å². The van der Waals surface area contributed by atoms with Gasteiger partial charge in [-0.2, -0.15) is 0 Å². The van der Waals surface area contributed by atoms with Crippen molar-refractivity contribution in [3.05, 3.63) is 57.0 Å². The van der Waals surface area contributed by atoms with E-state index in [9.17, 15) is 13.6 Å². The zero-order valence-electron chi connectivity index (χ0n) is 9.88. The molecular formula is C13H8BrClF2N2O. The largest absolute Gasteiger partial charge is 0.397 e. The molecule has 2 aromatic carbocycles. The van der Waals surface area contributed by atoms with Crippen LogP contribution < -0.4 is 11.1 Å². The highest BCUT2D eigenvalue weighted by atomic mass is 79.9. The summed E-state index contributed by atoms with van der Waals surface area (Å²) in [7, 11) is 0. The van der Waals surface area contributed by atoms with Gasteiger partial charge in [-0.25, -0.2) is 8.78 Å². The summed E-state index contributed by atoms with van der Waals surface area (Å²) in [6.07, 6.45) is 0. The molecule has 20 heavy (non-hydrogen) atoms.